The Kier molecular flexibility index (Phi) is 3.33. The van der Waals surface area contributed by atoms with Gasteiger partial charge >= 0.3 is 6.03 Å². The molecule has 0 aliphatic carbocycles. The molecule has 0 saturated heterocycles. The quantitative estimate of drug-likeness (QED) is 0.766. The molecule has 0 saturated carbocycles. The van der Waals surface area contributed by atoms with Gasteiger partial charge in [0.25, 0.3) is 5.91 Å². The first-order valence-corrected chi connectivity index (χ1v) is 5.66. The summed E-state index contributed by atoms with van der Waals surface area (Å²) in [7, 11) is 3.89. The number of nitrogens with one attached hydrogen (secondary N) is 1. The molecule has 1 heterocycles. The maximum Gasteiger partial charge on any atom is 0.349 e. The molecule has 1 aliphatic rings. The lowest BCUT2D eigenvalue weighted by Gasteiger charge is -2.13. The van der Waals surface area contributed by atoms with E-state index in [4.69, 9.17) is 5.73 Å². The molecule has 0 spiro atoms. The molecular formula is C13H14N4O2. The van der Waals surface area contributed by atoms with E-state index in [-0.39, 0.29) is 11.4 Å². The van der Waals surface area contributed by atoms with E-state index < -0.39 is 11.9 Å². The molecule has 0 aromatic heterocycles. The lowest BCUT2D eigenvalue weighted by atomic mass is 10.1. The summed E-state index contributed by atoms with van der Waals surface area (Å²) in [5, 5.41) is 2.09. The van der Waals surface area contributed by atoms with E-state index in [0.717, 1.165) is 11.3 Å². The van der Waals surface area contributed by atoms with Crippen LogP contribution < -0.4 is 16.0 Å². The monoisotopic (exact) mass is 258 g/mol. The molecule has 98 valence electrons. The second-order valence-electron chi connectivity index (χ2n) is 4.30. The highest BCUT2D eigenvalue weighted by atomic mass is 16.2. The number of hydrogen-bond acceptors (Lipinski definition) is 4. The van der Waals surface area contributed by atoms with E-state index in [9.17, 15) is 9.59 Å². The van der Waals surface area contributed by atoms with Crippen molar-refractivity contribution in [3.63, 3.8) is 0 Å². The Balaban J connectivity index is 2.33. The fourth-order valence-corrected chi connectivity index (χ4v) is 1.65. The summed E-state index contributed by atoms with van der Waals surface area (Å²) in [5.74, 6) is -0.598. The van der Waals surface area contributed by atoms with Crippen LogP contribution in [0.15, 0.2) is 34.8 Å². The summed E-state index contributed by atoms with van der Waals surface area (Å²) in [6.45, 7) is 0. The summed E-state index contributed by atoms with van der Waals surface area (Å²) < 4.78 is 0. The van der Waals surface area contributed by atoms with Gasteiger partial charge in [-0.25, -0.2) is 4.79 Å². The van der Waals surface area contributed by atoms with E-state index in [1.807, 2.05) is 43.3 Å². The average molecular weight is 258 g/mol. The number of anilines is 1. The number of hydrogen-bond donors (Lipinski definition) is 2. The Morgan fingerprint density at radius 3 is 2.37 bits per heavy atom. The normalized spacial score (nSPS) is 17.2. The number of amides is 3. The van der Waals surface area contributed by atoms with Crippen molar-refractivity contribution in [2.75, 3.05) is 19.0 Å². The molecule has 2 rings (SSSR count). The Morgan fingerprint density at radius 2 is 1.84 bits per heavy atom. The number of carbonyl (C=O) groups excluding carboxylic acids is 2. The molecule has 0 unspecified atom stereocenters. The first-order valence-electron chi connectivity index (χ1n) is 5.66. The van der Waals surface area contributed by atoms with Crippen LogP contribution in [0.1, 0.15) is 5.56 Å². The SMILES string of the molecule is CN(C)c1ccc(/C=C2/C(=O)NC(=O)N=C2N)cc1. The molecule has 1 aliphatic heterocycles. The van der Waals surface area contributed by atoms with Crippen molar-refractivity contribution in [2.45, 2.75) is 0 Å². The number of amidine groups is 1. The Hall–Kier alpha value is -2.63. The summed E-state index contributed by atoms with van der Waals surface area (Å²) in [6.07, 6.45) is 1.60. The second-order valence-corrected chi connectivity index (χ2v) is 4.30. The third-order valence-electron chi connectivity index (χ3n) is 2.68. The standard InChI is InChI=1S/C13H14N4O2/c1-17(2)9-5-3-8(4-6-9)7-10-11(14)15-13(19)16-12(10)18/h3-7H,1-2H3,(H3,14,15,16,18,19)/b10-7+. The highest BCUT2D eigenvalue weighted by Gasteiger charge is 2.22. The summed E-state index contributed by atoms with van der Waals surface area (Å²) in [5.41, 5.74) is 7.63. The van der Waals surface area contributed by atoms with Crippen LogP contribution in [0.5, 0.6) is 0 Å². The van der Waals surface area contributed by atoms with Crippen molar-refractivity contribution in [1.82, 2.24) is 5.32 Å². The van der Waals surface area contributed by atoms with Gasteiger partial charge in [-0.2, -0.15) is 4.99 Å². The number of carbonyl (C=O) groups is 2. The number of aliphatic imine (C=N–C) groups is 1. The molecule has 6 heteroatoms. The van der Waals surface area contributed by atoms with Crippen molar-refractivity contribution < 1.29 is 9.59 Å². The largest absolute Gasteiger partial charge is 0.383 e. The fourth-order valence-electron chi connectivity index (χ4n) is 1.65. The van der Waals surface area contributed by atoms with E-state index in [1.165, 1.54) is 0 Å². The van der Waals surface area contributed by atoms with Gasteiger partial charge in [-0.3, -0.25) is 10.1 Å². The molecule has 1 aromatic rings. The van der Waals surface area contributed by atoms with Crippen LogP contribution >= 0.6 is 0 Å². The molecule has 1 aromatic carbocycles. The third-order valence-corrected chi connectivity index (χ3v) is 2.68. The van der Waals surface area contributed by atoms with Crippen LogP contribution in [0, 0.1) is 0 Å². The molecule has 0 radical (unpaired) electrons. The van der Waals surface area contributed by atoms with Crippen molar-refractivity contribution in [3.8, 4) is 0 Å². The van der Waals surface area contributed by atoms with Gasteiger partial charge in [-0.15, -0.1) is 0 Å². The number of benzene rings is 1. The van der Waals surface area contributed by atoms with Crippen molar-refractivity contribution in [3.05, 3.63) is 35.4 Å². The van der Waals surface area contributed by atoms with Gasteiger partial charge in [0.1, 0.15) is 5.84 Å². The Bertz CT molecular complexity index is 585. The van der Waals surface area contributed by atoms with Crippen molar-refractivity contribution in [2.24, 2.45) is 10.7 Å². The molecule has 0 atom stereocenters. The zero-order valence-corrected chi connectivity index (χ0v) is 10.7. The molecule has 6 nitrogen and oxygen atoms in total. The number of nitrogens with two attached hydrogens (primary N) is 1. The van der Waals surface area contributed by atoms with Crippen LogP contribution in [0.3, 0.4) is 0 Å². The Labute approximate surface area is 110 Å². The third kappa shape index (κ3) is 2.79. The first-order chi connectivity index (χ1) is 8.97. The maximum atomic E-state index is 11.6. The lowest BCUT2D eigenvalue weighted by molar-refractivity contribution is -0.116. The smallest absolute Gasteiger partial charge is 0.349 e. The van der Waals surface area contributed by atoms with Crippen LogP contribution in [0.25, 0.3) is 6.08 Å². The fraction of sp³-hybridized carbons (Fsp3) is 0.154. The van der Waals surface area contributed by atoms with Crippen molar-refractivity contribution in [1.29, 1.82) is 0 Å². The van der Waals surface area contributed by atoms with Gasteiger partial charge in [-0.05, 0) is 23.8 Å². The molecule has 3 N–H and O–H groups in total. The second kappa shape index (κ2) is 4.93. The molecule has 3 amide bonds. The van der Waals surface area contributed by atoms with E-state index in [0.29, 0.717) is 0 Å². The van der Waals surface area contributed by atoms with Crippen LogP contribution in [-0.4, -0.2) is 31.9 Å². The van der Waals surface area contributed by atoms with Gasteiger partial charge in [-0.1, -0.05) is 12.1 Å². The van der Waals surface area contributed by atoms with Gasteiger partial charge in [0.2, 0.25) is 0 Å². The minimum atomic E-state index is -0.734. The topological polar surface area (TPSA) is 87.8 Å². The van der Waals surface area contributed by atoms with Crippen LogP contribution in [-0.2, 0) is 4.79 Å². The van der Waals surface area contributed by atoms with Gasteiger partial charge in [0.15, 0.2) is 0 Å². The van der Waals surface area contributed by atoms with Crippen LogP contribution in [0.4, 0.5) is 10.5 Å². The van der Waals surface area contributed by atoms with Crippen LogP contribution in [0.2, 0.25) is 0 Å². The first kappa shape index (κ1) is 12.8. The number of imide groups is 1. The van der Waals surface area contributed by atoms with Crippen molar-refractivity contribution >= 4 is 29.5 Å². The zero-order valence-electron chi connectivity index (χ0n) is 10.7. The van der Waals surface area contributed by atoms with Gasteiger partial charge in [0.05, 0.1) is 5.57 Å². The van der Waals surface area contributed by atoms with E-state index in [2.05, 4.69) is 10.3 Å². The number of rotatable bonds is 2. The number of nitrogens with zero attached hydrogens (tertiary/aromatic N) is 2. The van der Waals surface area contributed by atoms with E-state index in [1.54, 1.807) is 6.08 Å². The van der Waals surface area contributed by atoms with Gasteiger partial charge < -0.3 is 10.6 Å². The summed E-state index contributed by atoms with van der Waals surface area (Å²) >= 11 is 0. The molecule has 0 fully saturated rings. The molecule has 0 bridgehead atoms. The minimum Gasteiger partial charge on any atom is -0.383 e. The molecule has 19 heavy (non-hydrogen) atoms. The lowest BCUT2D eigenvalue weighted by Crippen LogP contribution is -2.40. The number of urea groups is 1. The highest BCUT2D eigenvalue weighted by molar-refractivity contribution is 6.30. The predicted molar refractivity (Wildman–Crippen MR) is 73.9 cm³/mol. The van der Waals surface area contributed by atoms with Gasteiger partial charge in [0, 0.05) is 19.8 Å². The average Bonchev–Trinajstić information content (AvgIpc) is 2.34. The highest BCUT2D eigenvalue weighted by Crippen LogP contribution is 2.15. The minimum absolute atomic E-state index is 0.0644. The maximum absolute atomic E-state index is 11.6. The van der Waals surface area contributed by atoms with E-state index >= 15 is 0 Å². The summed E-state index contributed by atoms with van der Waals surface area (Å²) in [4.78, 5) is 28.1. The summed E-state index contributed by atoms with van der Waals surface area (Å²) in [6, 6.07) is 6.83. The Morgan fingerprint density at radius 1 is 1.21 bits per heavy atom. The zero-order chi connectivity index (χ0) is 14.0. The molecular weight excluding hydrogens is 244 g/mol. The predicted octanol–water partition coefficient (Wildman–Crippen LogP) is 0.743.